The molecule has 29 heavy (non-hydrogen) atoms. The minimum atomic E-state index is -0.643. The number of carbonyl (C=O) groups is 2. The molecule has 0 spiro atoms. The zero-order chi connectivity index (χ0) is 21.4. The van der Waals surface area contributed by atoms with E-state index in [4.69, 9.17) is 23.2 Å². The van der Waals surface area contributed by atoms with Crippen LogP contribution in [0.2, 0.25) is 10.0 Å². The molecule has 2 aromatic carbocycles. The van der Waals surface area contributed by atoms with E-state index in [1.165, 1.54) is 0 Å². The van der Waals surface area contributed by atoms with E-state index in [9.17, 15) is 9.59 Å². The molecule has 0 saturated carbocycles. The molecule has 0 aliphatic carbocycles. The number of nitrogens with one attached hydrogen (secondary N) is 1. The normalized spacial score (nSPS) is 11.8. The standard InChI is InChI=1S/C23H28Cl2N2O2/c1-4-5-13-26-23(29)17(3)27(15-19-20(24)11-8-12-21(19)25)22(28)14-18-10-7-6-9-16(18)2/h6-12,17H,4-5,13-15H2,1-3H3,(H,26,29)/t17-/m1/s1. The third-order valence-electron chi connectivity index (χ3n) is 4.99. The lowest BCUT2D eigenvalue weighted by molar-refractivity contribution is -0.140. The van der Waals surface area contributed by atoms with E-state index < -0.39 is 6.04 Å². The Hall–Kier alpha value is -2.04. The number of carbonyl (C=O) groups excluding carboxylic acids is 2. The zero-order valence-corrected chi connectivity index (χ0v) is 18.7. The summed E-state index contributed by atoms with van der Waals surface area (Å²) in [4.78, 5) is 27.5. The second kappa shape index (κ2) is 11.2. The van der Waals surface area contributed by atoms with Gasteiger partial charge in [0.05, 0.1) is 6.42 Å². The van der Waals surface area contributed by atoms with Crippen LogP contribution in [0.1, 0.15) is 43.4 Å². The number of hydrogen-bond acceptors (Lipinski definition) is 2. The van der Waals surface area contributed by atoms with Crippen LogP contribution in [0.5, 0.6) is 0 Å². The highest BCUT2D eigenvalue weighted by atomic mass is 35.5. The van der Waals surface area contributed by atoms with Gasteiger partial charge in [0.2, 0.25) is 11.8 Å². The van der Waals surface area contributed by atoms with E-state index in [1.54, 1.807) is 30.0 Å². The molecule has 1 N–H and O–H groups in total. The van der Waals surface area contributed by atoms with Crippen molar-refractivity contribution in [3.05, 3.63) is 69.2 Å². The summed E-state index contributed by atoms with van der Waals surface area (Å²) >= 11 is 12.7. The van der Waals surface area contributed by atoms with Crippen LogP contribution in [-0.4, -0.2) is 29.3 Å². The molecular weight excluding hydrogens is 407 g/mol. The number of amides is 2. The molecule has 0 bridgehead atoms. The summed E-state index contributed by atoms with van der Waals surface area (Å²) in [6.45, 7) is 6.53. The van der Waals surface area contributed by atoms with Crippen molar-refractivity contribution in [2.75, 3.05) is 6.54 Å². The summed E-state index contributed by atoms with van der Waals surface area (Å²) in [6, 6.07) is 12.3. The van der Waals surface area contributed by atoms with Crippen molar-refractivity contribution in [3.8, 4) is 0 Å². The van der Waals surface area contributed by atoms with Gasteiger partial charge in [-0.3, -0.25) is 9.59 Å². The maximum Gasteiger partial charge on any atom is 0.242 e. The van der Waals surface area contributed by atoms with Gasteiger partial charge in [-0.05, 0) is 43.5 Å². The Morgan fingerprint density at radius 2 is 1.72 bits per heavy atom. The molecule has 0 aliphatic heterocycles. The first-order valence-corrected chi connectivity index (χ1v) is 10.6. The molecule has 4 nitrogen and oxygen atoms in total. The van der Waals surface area contributed by atoms with Gasteiger partial charge in [0.15, 0.2) is 0 Å². The minimum absolute atomic E-state index is 0.145. The van der Waals surface area contributed by atoms with E-state index in [0.717, 1.165) is 24.0 Å². The number of rotatable bonds is 9. The first-order valence-electron chi connectivity index (χ1n) is 9.89. The fourth-order valence-corrected chi connectivity index (χ4v) is 3.56. The number of halogens is 2. The smallest absolute Gasteiger partial charge is 0.242 e. The van der Waals surface area contributed by atoms with Crippen LogP contribution < -0.4 is 5.32 Å². The van der Waals surface area contributed by atoms with Gasteiger partial charge in [-0.15, -0.1) is 0 Å². The molecule has 6 heteroatoms. The molecule has 2 amide bonds. The Bertz CT molecular complexity index is 834. The molecule has 0 saturated heterocycles. The molecule has 2 aromatic rings. The van der Waals surface area contributed by atoms with Crippen molar-refractivity contribution in [2.45, 2.75) is 52.6 Å². The van der Waals surface area contributed by atoms with Crippen LogP contribution >= 0.6 is 23.2 Å². The summed E-state index contributed by atoms with van der Waals surface area (Å²) in [5.41, 5.74) is 2.62. The Labute approximate surface area is 183 Å². The largest absolute Gasteiger partial charge is 0.354 e. The maximum atomic E-state index is 13.2. The lowest BCUT2D eigenvalue weighted by Gasteiger charge is -2.29. The van der Waals surface area contributed by atoms with Crippen LogP contribution in [0.3, 0.4) is 0 Å². The monoisotopic (exact) mass is 434 g/mol. The summed E-state index contributed by atoms with van der Waals surface area (Å²) in [5.74, 6) is -0.326. The van der Waals surface area contributed by atoms with Gasteiger partial charge in [0.25, 0.3) is 0 Å². The van der Waals surface area contributed by atoms with E-state index >= 15 is 0 Å². The second-order valence-electron chi connectivity index (χ2n) is 7.15. The highest BCUT2D eigenvalue weighted by Crippen LogP contribution is 2.27. The van der Waals surface area contributed by atoms with Crippen LogP contribution in [-0.2, 0) is 22.6 Å². The predicted octanol–water partition coefficient (Wildman–Crippen LogP) is 5.18. The van der Waals surface area contributed by atoms with Crippen LogP contribution in [0.4, 0.5) is 0 Å². The summed E-state index contributed by atoms with van der Waals surface area (Å²) < 4.78 is 0. The first-order chi connectivity index (χ1) is 13.8. The number of unbranched alkanes of at least 4 members (excludes halogenated alkanes) is 1. The molecule has 0 aliphatic rings. The number of aryl methyl sites for hydroxylation is 1. The lowest BCUT2D eigenvalue weighted by Crippen LogP contribution is -2.48. The van der Waals surface area contributed by atoms with Gasteiger partial charge in [-0.1, -0.05) is 66.9 Å². The SMILES string of the molecule is CCCCNC(=O)[C@@H](C)N(Cc1c(Cl)cccc1Cl)C(=O)Cc1ccccc1C. The molecular formula is C23H28Cl2N2O2. The molecule has 0 aromatic heterocycles. The van der Waals surface area contributed by atoms with Gasteiger partial charge >= 0.3 is 0 Å². The topological polar surface area (TPSA) is 49.4 Å². The fraction of sp³-hybridized carbons (Fsp3) is 0.391. The molecule has 2 rings (SSSR count). The third kappa shape index (κ3) is 6.48. The Balaban J connectivity index is 2.27. The average molecular weight is 435 g/mol. The van der Waals surface area contributed by atoms with Crippen molar-refractivity contribution in [2.24, 2.45) is 0 Å². The minimum Gasteiger partial charge on any atom is -0.354 e. The van der Waals surface area contributed by atoms with E-state index in [0.29, 0.717) is 22.2 Å². The summed E-state index contributed by atoms with van der Waals surface area (Å²) in [7, 11) is 0. The van der Waals surface area contributed by atoms with Crippen LogP contribution in [0.15, 0.2) is 42.5 Å². The summed E-state index contributed by atoms with van der Waals surface area (Å²) in [6.07, 6.45) is 2.09. The average Bonchev–Trinajstić information content (AvgIpc) is 2.69. The molecule has 1 atom stereocenters. The van der Waals surface area contributed by atoms with E-state index in [2.05, 4.69) is 12.2 Å². The van der Waals surface area contributed by atoms with Crippen molar-refractivity contribution >= 4 is 35.0 Å². The number of hydrogen-bond donors (Lipinski definition) is 1. The van der Waals surface area contributed by atoms with Crippen LogP contribution in [0, 0.1) is 6.92 Å². The Morgan fingerprint density at radius 1 is 1.07 bits per heavy atom. The zero-order valence-electron chi connectivity index (χ0n) is 17.2. The first kappa shape index (κ1) is 23.2. The van der Waals surface area contributed by atoms with Crippen molar-refractivity contribution in [3.63, 3.8) is 0 Å². The second-order valence-corrected chi connectivity index (χ2v) is 7.96. The fourth-order valence-electron chi connectivity index (χ4n) is 3.05. The number of nitrogens with zero attached hydrogens (tertiary/aromatic N) is 1. The Kier molecular flexibility index (Phi) is 8.99. The van der Waals surface area contributed by atoms with Crippen molar-refractivity contribution in [1.29, 1.82) is 0 Å². The van der Waals surface area contributed by atoms with E-state index in [-0.39, 0.29) is 24.8 Å². The summed E-state index contributed by atoms with van der Waals surface area (Å²) in [5, 5.41) is 3.86. The molecule has 0 heterocycles. The maximum absolute atomic E-state index is 13.2. The third-order valence-corrected chi connectivity index (χ3v) is 5.70. The molecule has 0 radical (unpaired) electrons. The quantitative estimate of drug-likeness (QED) is 0.552. The molecule has 0 fully saturated rings. The molecule has 0 unspecified atom stereocenters. The lowest BCUT2D eigenvalue weighted by atomic mass is 10.0. The highest BCUT2D eigenvalue weighted by Gasteiger charge is 2.27. The van der Waals surface area contributed by atoms with Gasteiger partial charge < -0.3 is 10.2 Å². The van der Waals surface area contributed by atoms with E-state index in [1.807, 2.05) is 31.2 Å². The van der Waals surface area contributed by atoms with Crippen molar-refractivity contribution in [1.82, 2.24) is 10.2 Å². The number of benzene rings is 2. The van der Waals surface area contributed by atoms with Crippen molar-refractivity contribution < 1.29 is 9.59 Å². The Morgan fingerprint density at radius 3 is 2.34 bits per heavy atom. The van der Waals surface area contributed by atoms with Gasteiger partial charge in [0.1, 0.15) is 6.04 Å². The van der Waals surface area contributed by atoms with Crippen LogP contribution in [0.25, 0.3) is 0 Å². The molecule has 156 valence electrons. The predicted molar refractivity (Wildman–Crippen MR) is 119 cm³/mol. The van der Waals surface area contributed by atoms with Gasteiger partial charge in [0, 0.05) is 28.7 Å². The van der Waals surface area contributed by atoms with Gasteiger partial charge in [-0.2, -0.15) is 0 Å². The highest BCUT2D eigenvalue weighted by molar-refractivity contribution is 6.36. The van der Waals surface area contributed by atoms with Gasteiger partial charge in [-0.25, -0.2) is 0 Å².